The van der Waals surface area contributed by atoms with Crippen molar-refractivity contribution in [2.24, 2.45) is 7.05 Å². The molecule has 27 heavy (non-hydrogen) atoms. The number of hydrogen-bond donors (Lipinski definition) is 0. The van der Waals surface area contributed by atoms with Crippen LogP contribution in [0.4, 0.5) is 0 Å². The molecule has 5 heteroatoms. The van der Waals surface area contributed by atoms with Crippen molar-refractivity contribution in [2.45, 2.75) is 6.54 Å². The molecule has 0 unspecified atom stereocenters. The van der Waals surface area contributed by atoms with Gasteiger partial charge in [0.1, 0.15) is 0 Å². The maximum Gasteiger partial charge on any atom is 0.250 e. The first kappa shape index (κ1) is 17.3. The summed E-state index contributed by atoms with van der Waals surface area (Å²) in [5.74, 6) is 0. The van der Waals surface area contributed by atoms with Gasteiger partial charge in [-0.1, -0.05) is 54.1 Å². The number of pyridine rings is 1. The molecule has 2 aromatic carbocycles. The number of halogens is 1. The summed E-state index contributed by atoms with van der Waals surface area (Å²) < 4.78 is 3.48. The summed E-state index contributed by atoms with van der Waals surface area (Å²) in [6, 6.07) is 19.4. The van der Waals surface area contributed by atoms with Crippen LogP contribution in [0.5, 0.6) is 0 Å². The smallest absolute Gasteiger partial charge is 0.250 e. The van der Waals surface area contributed by atoms with Gasteiger partial charge in [-0.15, -0.1) is 0 Å². The standard InChI is InChI=1S/C22H18ClN3O/c1-25-15-21(20(11-22(25)27)17-8-5-9-19(23)10-17)18-12-24-26(14-18)13-16-6-3-2-4-7-16/h2-12,14-15H,13H2,1H3. The number of aryl methyl sites for hydroxylation is 1. The van der Waals surface area contributed by atoms with E-state index in [-0.39, 0.29) is 5.56 Å². The van der Waals surface area contributed by atoms with Crippen molar-refractivity contribution in [1.82, 2.24) is 14.3 Å². The predicted octanol–water partition coefficient (Wildman–Crippen LogP) is 4.62. The van der Waals surface area contributed by atoms with Gasteiger partial charge in [-0.05, 0) is 28.8 Å². The Morgan fingerprint density at radius 2 is 1.74 bits per heavy atom. The van der Waals surface area contributed by atoms with Gasteiger partial charge in [0, 0.05) is 41.7 Å². The maximum absolute atomic E-state index is 12.2. The fraction of sp³-hybridized carbons (Fsp3) is 0.0909. The Morgan fingerprint density at radius 3 is 2.52 bits per heavy atom. The van der Waals surface area contributed by atoms with Crippen LogP contribution in [0.15, 0.2) is 84.0 Å². The van der Waals surface area contributed by atoms with Gasteiger partial charge in [-0.2, -0.15) is 5.10 Å². The van der Waals surface area contributed by atoms with E-state index >= 15 is 0 Å². The second kappa shape index (κ2) is 7.25. The molecule has 0 saturated carbocycles. The van der Waals surface area contributed by atoms with Crippen molar-refractivity contribution >= 4 is 11.6 Å². The van der Waals surface area contributed by atoms with Gasteiger partial charge >= 0.3 is 0 Å². The molecule has 0 saturated heterocycles. The largest absolute Gasteiger partial charge is 0.318 e. The quantitative estimate of drug-likeness (QED) is 0.522. The average Bonchev–Trinajstić information content (AvgIpc) is 3.13. The minimum absolute atomic E-state index is 0.0644. The Balaban J connectivity index is 1.78. The van der Waals surface area contributed by atoms with Crippen molar-refractivity contribution in [3.8, 4) is 22.3 Å². The highest BCUT2D eigenvalue weighted by Gasteiger charge is 2.12. The van der Waals surface area contributed by atoms with Crippen LogP contribution < -0.4 is 5.56 Å². The molecule has 0 amide bonds. The third-order valence-electron chi connectivity index (χ3n) is 4.50. The third kappa shape index (κ3) is 3.71. The molecule has 4 nitrogen and oxygen atoms in total. The minimum Gasteiger partial charge on any atom is -0.318 e. The first-order chi connectivity index (χ1) is 13.1. The molecule has 0 spiro atoms. The van der Waals surface area contributed by atoms with Gasteiger partial charge in [-0.3, -0.25) is 9.48 Å². The molecule has 0 aliphatic rings. The molecular formula is C22H18ClN3O. The lowest BCUT2D eigenvalue weighted by Crippen LogP contribution is -2.15. The van der Waals surface area contributed by atoms with E-state index in [1.165, 1.54) is 5.56 Å². The van der Waals surface area contributed by atoms with Crippen LogP contribution in [0.25, 0.3) is 22.3 Å². The van der Waals surface area contributed by atoms with Gasteiger partial charge in [0.2, 0.25) is 0 Å². The SMILES string of the molecule is Cn1cc(-c2cnn(Cc3ccccc3)c2)c(-c2cccc(Cl)c2)cc1=O. The van der Waals surface area contributed by atoms with E-state index in [9.17, 15) is 4.79 Å². The summed E-state index contributed by atoms with van der Waals surface area (Å²) in [5, 5.41) is 5.13. The van der Waals surface area contributed by atoms with Crippen molar-refractivity contribution in [3.05, 3.63) is 100 Å². The van der Waals surface area contributed by atoms with E-state index < -0.39 is 0 Å². The molecule has 0 aliphatic carbocycles. The van der Waals surface area contributed by atoms with Crippen molar-refractivity contribution in [1.29, 1.82) is 0 Å². The van der Waals surface area contributed by atoms with Crippen LogP contribution >= 0.6 is 11.6 Å². The van der Waals surface area contributed by atoms with Crippen LogP contribution in [0.2, 0.25) is 5.02 Å². The van der Waals surface area contributed by atoms with Crippen molar-refractivity contribution in [2.75, 3.05) is 0 Å². The van der Waals surface area contributed by atoms with E-state index in [0.717, 1.165) is 22.3 Å². The number of nitrogens with zero attached hydrogens (tertiary/aromatic N) is 3. The zero-order valence-corrected chi connectivity index (χ0v) is 15.6. The Hall–Kier alpha value is -3.11. The van der Waals surface area contributed by atoms with E-state index in [4.69, 9.17) is 11.6 Å². The second-order valence-electron chi connectivity index (χ2n) is 6.47. The first-order valence-corrected chi connectivity index (χ1v) is 9.01. The zero-order valence-electron chi connectivity index (χ0n) is 14.8. The lowest BCUT2D eigenvalue weighted by molar-refractivity contribution is 0.687. The Bertz CT molecular complexity index is 1150. The second-order valence-corrected chi connectivity index (χ2v) is 6.91. The molecule has 0 N–H and O–H groups in total. The monoisotopic (exact) mass is 375 g/mol. The predicted molar refractivity (Wildman–Crippen MR) is 109 cm³/mol. The zero-order chi connectivity index (χ0) is 18.8. The average molecular weight is 376 g/mol. The molecule has 0 aliphatic heterocycles. The highest BCUT2D eigenvalue weighted by molar-refractivity contribution is 6.30. The summed E-state index contributed by atoms with van der Waals surface area (Å²) in [4.78, 5) is 12.2. The molecule has 0 fully saturated rings. The molecule has 0 bridgehead atoms. The van der Waals surface area contributed by atoms with Crippen molar-refractivity contribution < 1.29 is 0 Å². The fourth-order valence-corrected chi connectivity index (χ4v) is 3.30. The maximum atomic E-state index is 12.2. The fourth-order valence-electron chi connectivity index (χ4n) is 3.11. The summed E-state index contributed by atoms with van der Waals surface area (Å²) in [7, 11) is 1.75. The van der Waals surface area contributed by atoms with Gasteiger partial charge in [-0.25, -0.2) is 0 Å². The molecule has 2 aromatic heterocycles. The van der Waals surface area contributed by atoms with Crippen LogP contribution in [0.3, 0.4) is 0 Å². The summed E-state index contributed by atoms with van der Waals surface area (Å²) in [6.45, 7) is 0.694. The van der Waals surface area contributed by atoms with Crippen molar-refractivity contribution in [3.63, 3.8) is 0 Å². The van der Waals surface area contributed by atoms with Gasteiger partial charge < -0.3 is 4.57 Å². The van der Waals surface area contributed by atoms with Crippen LogP contribution in [-0.2, 0) is 13.6 Å². The van der Waals surface area contributed by atoms with Crippen LogP contribution in [-0.4, -0.2) is 14.3 Å². The summed E-state index contributed by atoms with van der Waals surface area (Å²) >= 11 is 6.16. The summed E-state index contributed by atoms with van der Waals surface area (Å²) in [5.41, 5.74) is 4.77. The topological polar surface area (TPSA) is 39.8 Å². The Kier molecular flexibility index (Phi) is 4.65. The molecular weight excluding hydrogens is 358 g/mol. The first-order valence-electron chi connectivity index (χ1n) is 8.63. The molecule has 0 atom stereocenters. The molecule has 4 rings (SSSR count). The number of rotatable bonds is 4. The van der Waals surface area contributed by atoms with E-state index in [1.54, 1.807) is 17.7 Å². The Labute approximate surface area is 162 Å². The summed E-state index contributed by atoms with van der Waals surface area (Å²) in [6.07, 6.45) is 5.68. The molecule has 0 radical (unpaired) electrons. The molecule has 134 valence electrons. The van der Waals surface area contributed by atoms with Gasteiger partial charge in [0.05, 0.1) is 12.7 Å². The van der Waals surface area contributed by atoms with Gasteiger partial charge in [0.15, 0.2) is 0 Å². The van der Waals surface area contributed by atoms with Crippen LogP contribution in [0.1, 0.15) is 5.56 Å². The van der Waals surface area contributed by atoms with Crippen LogP contribution in [0, 0.1) is 0 Å². The lowest BCUT2D eigenvalue weighted by atomic mass is 9.98. The van der Waals surface area contributed by atoms with Gasteiger partial charge in [0.25, 0.3) is 5.56 Å². The highest BCUT2D eigenvalue weighted by atomic mass is 35.5. The number of aromatic nitrogens is 3. The number of hydrogen-bond acceptors (Lipinski definition) is 2. The Morgan fingerprint density at radius 1 is 0.926 bits per heavy atom. The minimum atomic E-state index is -0.0644. The highest BCUT2D eigenvalue weighted by Crippen LogP contribution is 2.31. The number of benzene rings is 2. The molecule has 2 heterocycles. The normalized spacial score (nSPS) is 10.9. The van der Waals surface area contributed by atoms with E-state index in [1.807, 2.05) is 65.7 Å². The third-order valence-corrected chi connectivity index (χ3v) is 4.73. The van der Waals surface area contributed by atoms with E-state index in [0.29, 0.717) is 11.6 Å². The lowest BCUT2D eigenvalue weighted by Gasteiger charge is -2.10. The molecule has 4 aromatic rings. The van der Waals surface area contributed by atoms with E-state index in [2.05, 4.69) is 17.2 Å².